The lowest BCUT2D eigenvalue weighted by molar-refractivity contribution is 0.760. The van der Waals surface area contributed by atoms with Gasteiger partial charge in [0, 0.05) is 16.2 Å². The summed E-state index contributed by atoms with van der Waals surface area (Å²) in [6, 6.07) is 5.94. The van der Waals surface area contributed by atoms with E-state index in [4.69, 9.17) is 0 Å². The highest BCUT2D eigenvalue weighted by Crippen LogP contribution is 2.22. The number of tetrazole rings is 1. The molecule has 15 heavy (non-hydrogen) atoms. The fourth-order valence-electron chi connectivity index (χ4n) is 1.15. The van der Waals surface area contributed by atoms with Crippen molar-refractivity contribution in [1.82, 2.24) is 20.2 Å². The summed E-state index contributed by atoms with van der Waals surface area (Å²) < 4.78 is 1.04. The van der Waals surface area contributed by atoms with Crippen LogP contribution in [0.2, 0.25) is 0 Å². The Labute approximate surface area is 95.7 Å². The molecule has 0 spiro atoms. The van der Waals surface area contributed by atoms with Crippen LogP contribution in [0.5, 0.6) is 0 Å². The van der Waals surface area contributed by atoms with Gasteiger partial charge in [0.05, 0.1) is 0 Å². The summed E-state index contributed by atoms with van der Waals surface area (Å²) in [7, 11) is 0. The molecule has 1 aromatic heterocycles. The molecule has 2 aromatic rings. The van der Waals surface area contributed by atoms with Crippen molar-refractivity contribution in [3.8, 4) is 11.4 Å². The Hall–Kier alpha value is -1.49. The second-order valence-corrected chi connectivity index (χ2v) is 3.93. The van der Waals surface area contributed by atoms with Crippen LogP contribution in [0.25, 0.3) is 17.6 Å². The maximum absolute atomic E-state index is 4.13. The third-order valence-electron chi connectivity index (χ3n) is 2.02. The van der Waals surface area contributed by atoms with E-state index < -0.39 is 0 Å². The zero-order valence-electron chi connectivity index (χ0n) is 8.18. The molecule has 0 amide bonds. The third kappa shape index (κ3) is 1.97. The fourth-order valence-corrected chi connectivity index (χ4v) is 1.53. The van der Waals surface area contributed by atoms with E-state index in [1.54, 1.807) is 0 Å². The van der Waals surface area contributed by atoms with Crippen molar-refractivity contribution >= 4 is 22.1 Å². The molecular weight excluding hydrogens is 256 g/mol. The zero-order chi connectivity index (χ0) is 10.8. The predicted molar refractivity (Wildman–Crippen MR) is 62.1 cm³/mol. The number of aryl methyl sites for hydroxylation is 1. The van der Waals surface area contributed by atoms with Gasteiger partial charge in [0.15, 0.2) is 0 Å². The lowest BCUT2D eigenvalue weighted by Gasteiger charge is -1.99. The number of nitrogens with zero attached hydrogens (tertiary/aromatic N) is 4. The van der Waals surface area contributed by atoms with Crippen molar-refractivity contribution in [1.29, 1.82) is 0 Å². The van der Waals surface area contributed by atoms with Gasteiger partial charge in [-0.1, -0.05) is 34.6 Å². The van der Waals surface area contributed by atoms with E-state index in [-0.39, 0.29) is 0 Å². The minimum absolute atomic E-state index is 0.593. The standard InChI is InChI=1S/C10H9BrN4/c1-3-15-13-10(12-14-15)8-5-4-7(2)9(11)6-8/h3-6H,1H2,2H3. The molecule has 5 heteroatoms. The predicted octanol–water partition coefficient (Wildman–Crippen LogP) is 2.51. The summed E-state index contributed by atoms with van der Waals surface area (Å²) in [6.07, 6.45) is 1.50. The van der Waals surface area contributed by atoms with Crippen LogP contribution < -0.4 is 0 Å². The molecule has 0 aliphatic heterocycles. The maximum atomic E-state index is 4.13. The number of hydrogen-bond donors (Lipinski definition) is 0. The van der Waals surface area contributed by atoms with Crippen molar-refractivity contribution in [2.45, 2.75) is 6.92 Å². The average Bonchev–Trinajstić information content (AvgIpc) is 2.70. The lowest BCUT2D eigenvalue weighted by atomic mass is 10.1. The van der Waals surface area contributed by atoms with Crippen LogP contribution in [0.15, 0.2) is 29.3 Å². The van der Waals surface area contributed by atoms with Gasteiger partial charge in [-0.05, 0) is 23.8 Å². The topological polar surface area (TPSA) is 43.6 Å². The second-order valence-electron chi connectivity index (χ2n) is 3.08. The minimum Gasteiger partial charge on any atom is -0.139 e. The molecule has 1 heterocycles. The first-order valence-corrected chi connectivity index (χ1v) is 5.18. The molecule has 2 rings (SSSR count). The summed E-state index contributed by atoms with van der Waals surface area (Å²) in [4.78, 5) is 1.34. The summed E-state index contributed by atoms with van der Waals surface area (Å²) >= 11 is 3.46. The van der Waals surface area contributed by atoms with E-state index in [1.165, 1.54) is 16.6 Å². The second kappa shape index (κ2) is 3.94. The molecule has 0 bridgehead atoms. The average molecular weight is 265 g/mol. The van der Waals surface area contributed by atoms with Gasteiger partial charge in [-0.2, -0.15) is 0 Å². The van der Waals surface area contributed by atoms with E-state index in [1.807, 2.05) is 25.1 Å². The molecule has 0 aliphatic carbocycles. The Balaban J connectivity index is 2.44. The molecule has 0 aliphatic rings. The van der Waals surface area contributed by atoms with Crippen LogP contribution in [0.3, 0.4) is 0 Å². The van der Waals surface area contributed by atoms with Gasteiger partial charge in [0.2, 0.25) is 5.82 Å². The van der Waals surface area contributed by atoms with Crippen molar-refractivity contribution < 1.29 is 0 Å². The number of aromatic nitrogens is 4. The van der Waals surface area contributed by atoms with Crippen molar-refractivity contribution in [3.63, 3.8) is 0 Å². The molecule has 0 N–H and O–H groups in total. The fraction of sp³-hybridized carbons (Fsp3) is 0.100. The van der Waals surface area contributed by atoms with Crippen LogP contribution in [0, 0.1) is 6.92 Å². The normalized spacial score (nSPS) is 10.3. The summed E-state index contributed by atoms with van der Waals surface area (Å²) in [5, 5.41) is 11.8. The van der Waals surface area contributed by atoms with Gasteiger partial charge in [0.25, 0.3) is 0 Å². The molecule has 0 unspecified atom stereocenters. The molecule has 0 fully saturated rings. The van der Waals surface area contributed by atoms with Crippen LogP contribution in [0.4, 0.5) is 0 Å². The molecule has 0 atom stereocenters. The van der Waals surface area contributed by atoms with Gasteiger partial charge < -0.3 is 0 Å². The highest BCUT2D eigenvalue weighted by molar-refractivity contribution is 9.10. The van der Waals surface area contributed by atoms with Gasteiger partial charge in [0.1, 0.15) is 0 Å². The van der Waals surface area contributed by atoms with Crippen LogP contribution in [-0.2, 0) is 0 Å². The lowest BCUT2D eigenvalue weighted by Crippen LogP contribution is -1.89. The van der Waals surface area contributed by atoms with Gasteiger partial charge in [-0.25, -0.2) is 0 Å². The van der Waals surface area contributed by atoms with Crippen LogP contribution >= 0.6 is 15.9 Å². The van der Waals surface area contributed by atoms with Crippen molar-refractivity contribution in [3.05, 3.63) is 34.8 Å². The van der Waals surface area contributed by atoms with Gasteiger partial charge >= 0.3 is 0 Å². The highest BCUT2D eigenvalue weighted by Gasteiger charge is 2.05. The Kier molecular flexibility index (Phi) is 2.64. The quantitative estimate of drug-likeness (QED) is 0.837. The third-order valence-corrected chi connectivity index (χ3v) is 2.88. The molecule has 4 nitrogen and oxygen atoms in total. The molecule has 1 aromatic carbocycles. The molecule has 76 valence electrons. The summed E-state index contributed by atoms with van der Waals surface area (Å²) in [5.41, 5.74) is 2.11. The largest absolute Gasteiger partial charge is 0.205 e. The van der Waals surface area contributed by atoms with E-state index in [2.05, 4.69) is 37.9 Å². The molecule has 0 saturated heterocycles. The molecular formula is C10H9BrN4. The summed E-state index contributed by atoms with van der Waals surface area (Å²) in [6.45, 7) is 5.59. The number of benzene rings is 1. The zero-order valence-corrected chi connectivity index (χ0v) is 9.77. The maximum Gasteiger partial charge on any atom is 0.205 e. The first-order chi connectivity index (χ1) is 7.20. The van der Waals surface area contributed by atoms with Gasteiger partial charge in [-0.3, -0.25) is 0 Å². The summed E-state index contributed by atoms with van der Waals surface area (Å²) in [5.74, 6) is 0.593. The first kappa shape index (κ1) is 10.0. The molecule has 0 radical (unpaired) electrons. The number of hydrogen-bond acceptors (Lipinski definition) is 3. The van der Waals surface area contributed by atoms with E-state index in [0.717, 1.165) is 10.0 Å². The SMILES string of the molecule is C=Cn1nnc(-c2ccc(C)c(Br)c2)n1. The monoisotopic (exact) mass is 264 g/mol. The Morgan fingerprint density at radius 2 is 2.27 bits per heavy atom. The van der Waals surface area contributed by atoms with E-state index in [0.29, 0.717) is 5.82 Å². The van der Waals surface area contributed by atoms with E-state index >= 15 is 0 Å². The highest BCUT2D eigenvalue weighted by atomic mass is 79.9. The van der Waals surface area contributed by atoms with Crippen LogP contribution in [-0.4, -0.2) is 20.2 Å². The molecule has 0 saturated carbocycles. The van der Waals surface area contributed by atoms with E-state index in [9.17, 15) is 0 Å². The van der Waals surface area contributed by atoms with Gasteiger partial charge in [-0.15, -0.1) is 15.0 Å². The smallest absolute Gasteiger partial charge is 0.139 e. The van der Waals surface area contributed by atoms with Crippen molar-refractivity contribution in [2.24, 2.45) is 0 Å². The Bertz CT molecular complexity index is 504. The number of halogens is 1. The van der Waals surface area contributed by atoms with Crippen LogP contribution in [0.1, 0.15) is 5.56 Å². The Morgan fingerprint density at radius 1 is 1.47 bits per heavy atom. The first-order valence-electron chi connectivity index (χ1n) is 4.39. The minimum atomic E-state index is 0.593. The Morgan fingerprint density at radius 3 is 2.87 bits per heavy atom. The van der Waals surface area contributed by atoms with Crippen molar-refractivity contribution in [2.75, 3.05) is 0 Å². The number of rotatable bonds is 2.